The average Bonchev–Trinajstić information content (AvgIpc) is 3.42. The van der Waals surface area contributed by atoms with Gasteiger partial charge in [0.2, 0.25) is 5.95 Å². The molecule has 23 heavy (non-hydrogen) atoms. The van der Waals surface area contributed by atoms with E-state index in [-0.39, 0.29) is 6.10 Å². The Morgan fingerprint density at radius 1 is 1.22 bits per heavy atom. The van der Waals surface area contributed by atoms with Crippen LogP contribution in [0, 0.1) is 0 Å². The zero-order chi connectivity index (χ0) is 15.6. The number of hydrogen-bond donors (Lipinski definition) is 2. The van der Waals surface area contributed by atoms with Crippen molar-refractivity contribution in [1.82, 2.24) is 15.3 Å². The van der Waals surface area contributed by atoms with Gasteiger partial charge in [0.1, 0.15) is 0 Å². The number of nitrogens with one attached hydrogen (secondary N) is 2. The molecule has 2 aliphatic rings. The Hall–Kier alpha value is -1.69. The zero-order valence-corrected chi connectivity index (χ0v) is 13.5. The van der Waals surface area contributed by atoms with Gasteiger partial charge in [-0.2, -0.15) is 0 Å². The first-order chi connectivity index (χ1) is 11.3. The number of ether oxygens (including phenoxy) is 1. The summed E-state index contributed by atoms with van der Waals surface area (Å²) < 4.78 is 5.75. The van der Waals surface area contributed by atoms with Crippen LogP contribution < -0.4 is 10.6 Å². The quantitative estimate of drug-likeness (QED) is 0.899. The molecule has 1 atom stereocenters. The standard InChI is InChI=1S/C17H19ClN4O/c18-15-7-13(3-4-14(15)16-10-19-5-6-23-16)22-17-20-8-12(9-21-17)11-1-2-11/h3-4,7-9,11,16,19H,1-2,5-6,10H2,(H,20,21,22)/t16-/m1/s1. The molecule has 2 heterocycles. The Labute approximate surface area is 140 Å². The smallest absolute Gasteiger partial charge is 0.227 e. The molecule has 1 saturated carbocycles. The summed E-state index contributed by atoms with van der Waals surface area (Å²) in [7, 11) is 0. The summed E-state index contributed by atoms with van der Waals surface area (Å²) >= 11 is 6.42. The molecular formula is C17H19ClN4O. The van der Waals surface area contributed by atoms with Crippen molar-refractivity contribution in [2.45, 2.75) is 24.9 Å². The molecule has 5 nitrogen and oxygen atoms in total. The molecule has 0 unspecified atom stereocenters. The minimum Gasteiger partial charge on any atom is -0.371 e. The van der Waals surface area contributed by atoms with Crippen LogP contribution in [-0.4, -0.2) is 29.7 Å². The van der Waals surface area contributed by atoms with Gasteiger partial charge in [-0.15, -0.1) is 0 Å². The van der Waals surface area contributed by atoms with Crippen molar-refractivity contribution >= 4 is 23.2 Å². The minimum atomic E-state index is 0.0133. The van der Waals surface area contributed by atoms with E-state index in [9.17, 15) is 0 Å². The van der Waals surface area contributed by atoms with E-state index in [4.69, 9.17) is 16.3 Å². The number of aromatic nitrogens is 2. The van der Waals surface area contributed by atoms with Crippen molar-refractivity contribution in [2.75, 3.05) is 25.0 Å². The van der Waals surface area contributed by atoms with Crippen molar-refractivity contribution in [3.8, 4) is 0 Å². The molecule has 0 amide bonds. The molecule has 1 aliphatic carbocycles. The number of halogens is 1. The second-order valence-electron chi connectivity index (χ2n) is 6.04. The third kappa shape index (κ3) is 3.47. The Morgan fingerprint density at radius 3 is 2.70 bits per heavy atom. The monoisotopic (exact) mass is 330 g/mol. The highest BCUT2D eigenvalue weighted by atomic mass is 35.5. The van der Waals surface area contributed by atoms with Crippen molar-refractivity contribution in [1.29, 1.82) is 0 Å². The van der Waals surface area contributed by atoms with Crippen LogP contribution in [0.2, 0.25) is 5.02 Å². The number of rotatable bonds is 4. The summed E-state index contributed by atoms with van der Waals surface area (Å²) in [5.41, 5.74) is 3.11. The molecule has 1 aliphatic heterocycles. The topological polar surface area (TPSA) is 59.1 Å². The first-order valence-corrected chi connectivity index (χ1v) is 8.38. The molecule has 2 aromatic rings. The molecule has 2 N–H and O–H groups in total. The van der Waals surface area contributed by atoms with Crippen LogP contribution in [0.5, 0.6) is 0 Å². The van der Waals surface area contributed by atoms with Crippen LogP contribution in [0.15, 0.2) is 30.6 Å². The summed E-state index contributed by atoms with van der Waals surface area (Å²) in [5, 5.41) is 7.21. The van der Waals surface area contributed by atoms with E-state index in [1.54, 1.807) is 0 Å². The van der Waals surface area contributed by atoms with Gasteiger partial charge in [0.15, 0.2) is 0 Å². The summed E-state index contributed by atoms with van der Waals surface area (Å²) in [4.78, 5) is 8.75. The van der Waals surface area contributed by atoms with Crippen LogP contribution in [0.1, 0.15) is 36.0 Å². The fourth-order valence-electron chi connectivity index (χ4n) is 2.79. The van der Waals surface area contributed by atoms with E-state index in [0.717, 1.165) is 24.3 Å². The Balaban J connectivity index is 1.47. The predicted octanol–water partition coefficient (Wildman–Crippen LogP) is 3.41. The van der Waals surface area contributed by atoms with Gasteiger partial charge in [-0.3, -0.25) is 0 Å². The summed E-state index contributed by atoms with van der Waals surface area (Å²) in [6, 6.07) is 5.88. The number of hydrogen-bond acceptors (Lipinski definition) is 5. The summed E-state index contributed by atoms with van der Waals surface area (Å²) in [6.45, 7) is 2.39. The molecule has 0 radical (unpaired) electrons. The lowest BCUT2D eigenvalue weighted by molar-refractivity contribution is 0.0278. The van der Waals surface area contributed by atoms with Gasteiger partial charge in [0, 0.05) is 41.8 Å². The molecule has 0 bridgehead atoms. The van der Waals surface area contributed by atoms with Crippen molar-refractivity contribution in [2.24, 2.45) is 0 Å². The molecule has 1 aromatic carbocycles. The third-order valence-electron chi connectivity index (χ3n) is 4.25. The first kappa shape index (κ1) is 14.9. The van der Waals surface area contributed by atoms with E-state index in [2.05, 4.69) is 20.6 Å². The number of nitrogens with zero attached hydrogens (tertiary/aromatic N) is 2. The second-order valence-corrected chi connectivity index (χ2v) is 6.45. The van der Waals surface area contributed by atoms with Crippen molar-refractivity contribution in [3.05, 3.63) is 46.7 Å². The maximum absolute atomic E-state index is 6.42. The normalized spacial score (nSPS) is 21.2. The van der Waals surface area contributed by atoms with Gasteiger partial charge in [-0.25, -0.2) is 9.97 Å². The number of anilines is 2. The lowest BCUT2D eigenvalue weighted by Gasteiger charge is -2.25. The van der Waals surface area contributed by atoms with Gasteiger partial charge < -0.3 is 15.4 Å². The van der Waals surface area contributed by atoms with Crippen LogP contribution in [0.25, 0.3) is 0 Å². The van der Waals surface area contributed by atoms with E-state index in [1.165, 1.54) is 18.4 Å². The van der Waals surface area contributed by atoms with E-state index in [1.807, 2.05) is 30.6 Å². The molecular weight excluding hydrogens is 312 g/mol. The Bertz CT molecular complexity index is 681. The minimum absolute atomic E-state index is 0.0133. The molecule has 4 rings (SSSR count). The fourth-order valence-corrected chi connectivity index (χ4v) is 3.09. The van der Waals surface area contributed by atoms with Gasteiger partial charge in [-0.1, -0.05) is 17.7 Å². The largest absolute Gasteiger partial charge is 0.371 e. The maximum Gasteiger partial charge on any atom is 0.227 e. The SMILES string of the molecule is Clc1cc(Nc2ncc(C3CC3)cn2)ccc1[C@H]1CNCCO1. The van der Waals surface area contributed by atoms with Crippen molar-refractivity contribution in [3.63, 3.8) is 0 Å². The predicted molar refractivity (Wildman–Crippen MR) is 90.3 cm³/mol. The molecule has 2 fully saturated rings. The Morgan fingerprint density at radius 2 is 2.04 bits per heavy atom. The second kappa shape index (κ2) is 6.43. The molecule has 6 heteroatoms. The molecule has 1 aromatic heterocycles. The molecule has 0 spiro atoms. The number of benzene rings is 1. The van der Waals surface area contributed by atoms with Crippen LogP contribution in [0.4, 0.5) is 11.6 Å². The highest BCUT2D eigenvalue weighted by molar-refractivity contribution is 6.31. The summed E-state index contributed by atoms with van der Waals surface area (Å²) in [6.07, 6.45) is 6.34. The average molecular weight is 331 g/mol. The zero-order valence-electron chi connectivity index (χ0n) is 12.8. The first-order valence-electron chi connectivity index (χ1n) is 8.00. The highest BCUT2D eigenvalue weighted by Crippen LogP contribution is 2.39. The van der Waals surface area contributed by atoms with Crippen LogP contribution >= 0.6 is 11.6 Å². The molecule has 120 valence electrons. The maximum atomic E-state index is 6.42. The molecule has 1 saturated heterocycles. The van der Waals surface area contributed by atoms with Crippen LogP contribution in [-0.2, 0) is 4.74 Å². The van der Waals surface area contributed by atoms with Gasteiger partial charge in [0.25, 0.3) is 0 Å². The van der Waals surface area contributed by atoms with Gasteiger partial charge in [0.05, 0.1) is 12.7 Å². The highest BCUT2D eigenvalue weighted by Gasteiger charge is 2.24. The summed E-state index contributed by atoms with van der Waals surface area (Å²) in [5.74, 6) is 1.26. The van der Waals surface area contributed by atoms with E-state index >= 15 is 0 Å². The Kier molecular flexibility index (Phi) is 4.16. The number of morpholine rings is 1. The van der Waals surface area contributed by atoms with Crippen molar-refractivity contribution < 1.29 is 4.74 Å². The third-order valence-corrected chi connectivity index (χ3v) is 4.58. The lowest BCUT2D eigenvalue weighted by Crippen LogP contribution is -2.33. The van der Waals surface area contributed by atoms with Gasteiger partial charge in [-0.05, 0) is 36.5 Å². The van der Waals surface area contributed by atoms with E-state index in [0.29, 0.717) is 23.5 Å². The van der Waals surface area contributed by atoms with E-state index < -0.39 is 0 Å². The lowest BCUT2D eigenvalue weighted by atomic mass is 10.1. The van der Waals surface area contributed by atoms with Crippen LogP contribution in [0.3, 0.4) is 0 Å². The fraction of sp³-hybridized carbons (Fsp3) is 0.412. The van der Waals surface area contributed by atoms with Gasteiger partial charge >= 0.3 is 0 Å².